The number of hydrogen-bond donors (Lipinski definition) is 2. The molecule has 1 amide bonds. The number of nitriles is 1. The second kappa shape index (κ2) is 8.13. The number of carbonyl (C=O) groups excluding carboxylic acids is 1. The molecule has 1 atom stereocenters. The summed E-state index contributed by atoms with van der Waals surface area (Å²) in [6.45, 7) is 6.77. The van der Waals surface area contributed by atoms with E-state index in [1.165, 1.54) is 32.7 Å². The highest BCUT2D eigenvalue weighted by molar-refractivity contribution is 7.99. The van der Waals surface area contributed by atoms with Crippen LogP contribution >= 0.6 is 23.1 Å². The van der Waals surface area contributed by atoms with Crippen molar-refractivity contribution < 1.29 is 14.0 Å². The second-order valence-electron chi connectivity index (χ2n) is 8.12. The SMILES string of the molecule is C[n+]1[nH]oc(=O)c1SCCC(=O)Nc1sc2c(c1C#N)CCC(C(C)(C)C)C2. The van der Waals surface area contributed by atoms with Crippen LogP contribution in [0, 0.1) is 22.7 Å². The lowest BCUT2D eigenvalue weighted by Crippen LogP contribution is -2.33. The highest BCUT2D eigenvalue weighted by Gasteiger charge is 2.32. The van der Waals surface area contributed by atoms with Gasteiger partial charge in [0.25, 0.3) is 0 Å². The topological polar surface area (TPSA) is 103 Å². The Hall–Kier alpha value is -2.05. The van der Waals surface area contributed by atoms with Gasteiger partial charge in [-0.2, -0.15) is 5.26 Å². The molecule has 2 aromatic rings. The molecule has 1 unspecified atom stereocenters. The van der Waals surface area contributed by atoms with E-state index >= 15 is 0 Å². The highest BCUT2D eigenvalue weighted by atomic mass is 32.2. The third kappa shape index (κ3) is 4.33. The Balaban J connectivity index is 1.64. The number of thiophene rings is 1. The molecule has 7 nitrogen and oxygen atoms in total. The van der Waals surface area contributed by atoms with E-state index in [0.29, 0.717) is 27.3 Å². The smallest absolute Gasteiger partial charge is 0.317 e. The fraction of sp³-hybridized carbons (Fsp3) is 0.579. The Bertz CT molecular complexity index is 975. The van der Waals surface area contributed by atoms with Gasteiger partial charge in [-0.3, -0.25) is 9.32 Å². The molecule has 0 aliphatic heterocycles. The van der Waals surface area contributed by atoms with Crippen LogP contribution in [0.25, 0.3) is 0 Å². The molecule has 2 aromatic heterocycles. The first-order valence-electron chi connectivity index (χ1n) is 9.25. The molecule has 0 spiro atoms. The van der Waals surface area contributed by atoms with Crippen molar-refractivity contribution in [3.63, 3.8) is 0 Å². The zero-order valence-electron chi connectivity index (χ0n) is 16.5. The lowest BCUT2D eigenvalue weighted by Gasteiger charge is -2.33. The Kier molecular flexibility index (Phi) is 6.01. The Morgan fingerprint density at radius 2 is 2.25 bits per heavy atom. The minimum absolute atomic E-state index is 0.155. The minimum Gasteiger partial charge on any atom is -0.317 e. The number of thioether (sulfide) groups is 1. The van der Waals surface area contributed by atoms with Gasteiger partial charge < -0.3 is 5.32 Å². The van der Waals surface area contributed by atoms with Gasteiger partial charge in [0.1, 0.15) is 11.1 Å². The first kappa shape index (κ1) is 20.7. The fourth-order valence-electron chi connectivity index (χ4n) is 3.45. The molecule has 9 heteroatoms. The normalized spacial score (nSPS) is 16.5. The zero-order chi connectivity index (χ0) is 20.5. The van der Waals surface area contributed by atoms with Crippen molar-refractivity contribution in [2.24, 2.45) is 18.4 Å². The van der Waals surface area contributed by atoms with Crippen molar-refractivity contribution >= 4 is 34.0 Å². The molecule has 1 aliphatic rings. The number of anilines is 1. The van der Waals surface area contributed by atoms with Crippen LogP contribution in [0.5, 0.6) is 0 Å². The molecule has 0 saturated heterocycles. The van der Waals surface area contributed by atoms with Crippen LogP contribution in [0.15, 0.2) is 14.3 Å². The van der Waals surface area contributed by atoms with Gasteiger partial charge in [0.05, 0.1) is 5.56 Å². The number of H-pyrrole nitrogens is 1. The average molecular weight is 422 g/mol. The Morgan fingerprint density at radius 3 is 2.86 bits per heavy atom. The van der Waals surface area contributed by atoms with Gasteiger partial charge in [-0.1, -0.05) is 25.5 Å². The van der Waals surface area contributed by atoms with E-state index in [2.05, 4.69) is 42.0 Å². The number of nitrogens with zero attached hydrogens (tertiary/aromatic N) is 2. The molecule has 2 N–H and O–H groups in total. The predicted octanol–water partition coefficient (Wildman–Crippen LogP) is 3.00. The molecular weight excluding hydrogens is 396 g/mol. The van der Waals surface area contributed by atoms with Gasteiger partial charge in [-0.05, 0) is 53.2 Å². The summed E-state index contributed by atoms with van der Waals surface area (Å²) >= 11 is 2.80. The van der Waals surface area contributed by atoms with E-state index in [-0.39, 0.29) is 17.7 Å². The van der Waals surface area contributed by atoms with Gasteiger partial charge >= 0.3 is 10.7 Å². The van der Waals surface area contributed by atoms with Gasteiger partial charge in [-0.25, -0.2) is 4.79 Å². The number of carbonyl (C=O) groups is 1. The van der Waals surface area contributed by atoms with Crippen LogP contribution in [-0.4, -0.2) is 16.9 Å². The van der Waals surface area contributed by atoms with E-state index in [0.717, 1.165) is 24.8 Å². The number of rotatable bonds is 5. The quantitative estimate of drug-likeness (QED) is 0.571. The van der Waals surface area contributed by atoms with Crippen LogP contribution in [0.3, 0.4) is 0 Å². The third-order valence-electron chi connectivity index (χ3n) is 5.18. The number of nitrogens with one attached hydrogen (secondary N) is 2. The third-order valence-corrected chi connectivity index (χ3v) is 7.47. The summed E-state index contributed by atoms with van der Waals surface area (Å²) in [4.78, 5) is 25.1. The van der Waals surface area contributed by atoms with Crippen LogP contribution in [0.4, 0.5) is 5.00 Å². The maximum Gasteiger partial charge on any atom is 0.441 e. The molecular formula is C19H25N4O3S2+. The molecule has 28 heavy (non-hydrogen) atoms. The number of fused-ring (bicyclic) bond motifs is 1. The van der Waals surface area contributed by atoms with Crippen molar-refractivity contribution in [2.45, 2.75) is 51.5 Å². The van der Waals surface area contributed by atoms with E-state index in [1.807, 2.05) is 0 Å². The van der Waals surface area contributed by atoms with Gasteiger partial charge in [0.2, 0.25) is 5.91 Å². The van der Waals surface area contributed by atoms with Crippen LogP contribution in [-0.2, 0) is 24.7 Å². The lowest BCUT2D eigenvalue weighted by atomic mass is 9.72. The summed E-state index contributed by atoms with van der Waals surface area (Å²) in [5.41, 5.74) is 1.51. The number of aryl methyl sites for hydroxylation is 1. The Labute approximate surface area is 172 Å². The molecule has 1 aliphatic carbocycles. The molecule has 0 aromatic carbocycles. The maximum absolute atomic E-state index is 12.4. The maximum atomic E-state index is 12.4. The van der Waals surface area contributed by atoms with Crippen LogP contribution < -0.4 is 15.6 Å². The first-order chi connectivity index (χ1) is 13.2. The highest BCUT2D eigenvalue weighted by Crippen LogP contribution is 2.44. The molecule has 0 fully saturated rings. The summed E-state index contributed by atoms with van der Waals surface area (Å²) in [5.74, 6) is 0.873. The van der Waals surface area contributed by atoms with Crippen molar-refractivity contribution in [3.8, 4) is 6.07 Å². The zero-order valence-corrected chi connectivity index (χ0v) is 18.2. The van der Waals surface area contributed by atoms with E-state index in [1.54, 1.807) is 7.05 Å². The van der Waals surface area contributed by atoms with E-state index < -0.39 is 5.63 Å². The van der Waals surface area contributed by atoms with Gasteiger partial charge in [0, 0.05) is 17.1 Å². The van der Waals surface area contributed by atoms with Crippen molar-refractivity contribution in [3.05, 3.63) is 26.4 Å². The summed E-state index contributed by atoms with van der Waals surface area (Å²) < 4.78 is 6.17. The molecule has 0 saturated carbocycles. The summed E-state index contributed by atoms with van der Waals surface area (Å²) in [6, 6.07) is 2.29. The molecule has 0 bridgehead atoms. The van der Waals surface area contributed by atoms with Crippen LogP contribution in [0.2, 0.25) is 0 Å². The molecule has 2 heterocycles. The summed E-state index contributed by atoms with van der Waals surface area (Å²) in [5, 5.41) is 16.0. The van der Waals surface area contributed by atoms with Crippen molar-refractivity contribution in [2.75, 3.05) is 11.1 Å². The van der Waals surface area contributed by atoms with Crippen molar-refractivity contribution in [1.29, 1.82) is 5.26 Å². The van der Waals surface area contributed by atoms with Crippen LogP contribution in [0.1, 0.15) is 49.6 Å². The molecule has 150 valence electrons. The van der Waals surface area contributed by atoms with E-state index in [9.17, 15) is 14.9 Å². The summed E-state index contributed by atoms with van der Waals surface area (Å²) in [7, 11) is 1.67. The number of aromatic nitrogens is 2. The fourth-order valence-corrected chi connectivity index (χ4v) is 5.61. The number of amides is 1. The summed E-state index contributed by atoms with van der Waals surface area (Å²) in [6.07, 6.45) is 3.17. The average Bonchev–Trinajstić information content (AvgIpc) is 3.13. The lowest BCUT2D eigenvalue weighted by molar-refractivity contribution is -0.772. The molecule has 0 radical (unpaired) electrons. The molecule has 3 rings (SSSR count). The van der Waals surface area contributed by atoms with Gasteiger partial charge in [0.15, 0.2) is 7.05 Å². The Morgan fingerprint density at radius 1 is 1.50 bits per heavy atom. The number of hydrogen-bond acceptors (Lipinski definition) is 6. The van der Waals surface area contributed by atoms with Gasteiger partial charge in [-0.15, -0.1) is 11.3 Å². The minimum atomic E-state index is -0.445. The van der Waals surface area contributed by atoms with E-state index in [4.69, 9.17) is 0 Å². The standard InChI is InChI=1S/C19H24N4O3S2/c1-19(2,3)11-5-6-12-13(10-20)16(28-14(12)9-11)21-15(24)7-8-27-17-18(25)26-22-23(17)4/h11H,5-9H2,1-4H3,(H-,21,22,24,25)/p+1. The predicted molar refractivity (Wildman–Crippen MR) is 108 cm³/mol. The largest absolute Gasteiger partial charge is 0.441 e. The number of aromatic amines is 1. The first-order valence-corrected chi connectivity index (χ1v) is 11.1. The monoisotopic (exact) mass is 421 g/mol. The second-order valence-corrected chi connectivity index (χ2v) is 10.3. The van der Waals surface area contributed by atoms with Crippen molar-refractivity contribution in [1.82, 2.24) is 5.27 Å².